The lowest BCUT2D eigenvalue weighted by molar-refractivity contribution is -0.648. The van der Waals surface area contributed by atoms with Gasteiger partial charge in [-0.05, 0) is 6.07 Å². The quantitative estimate of drug-likeness (QED) is 0.347. The molecule has 0 saturated carbocycles. The summed E-state index contributed by atoms with van der Waals surface area (Å²) in [5, 5.41) is 11.3. The Bertz CT molecular complexity index is 652. The van der Waals surface area contributed by atoms with Gasteiger partial charge in [-0.3, -0.25) is 10.1 Å². The number of carbonyl (C=O) groups is 1. The Labute approximate surface area is 103 Å². The van der Waals surface area contributed by atoms with Crippen molar-refractivity contribution in [1.29, 1.82) is 0 Å². The number of nitro groups is 1. The number of carbonyl (C=O) groups excluding carboxylic acids is 1. The number of aromatic nitrogens is 1. The second kappa shape index (κ2) is 4.40. The van der Waals surface area contributed by atoms with E-state index in [4.69, 9.17) is 0 Å². The third-order valence-electron chi connectivity index (χ3n) is 2.70. The van der Waals surface area contributed by atoms with Crippen molar-refractivity contribution in [2.75, 3.05) is 7.11 Å². The van der Waals surface area contributed by atoms with Gasteiger partial charge in [-0.25, -0.2) is 4.79 Å². The van der Waals surface area contributed by atoms with Gasteiger partial charge in [0.25, 0.3) is 0 Å². The van der Waals surface area contributed by atoms with E-state index in [1.54, 1.807) is 29.8 Å². The summed E-state index contributed by atoms with van der Waals surface area (Å²) in [5.74, 6) is -0.513. The first-order valence-corrected chi connectivity index (χ1v) is 5.19. The summed E-state index contributed by atoms with van der Waals surface area (Å²) < 4.78 is 6.28. The highest BCUT2D eigenvalue weighted by Crippen LogP contribution is 2.21. The SMILES string of the molecule is COC(=O)c1cccc2c1cc([N+](=O)[O-])c[n+]2C. The summed E-state index contributed by atoms with van der Waals surface area (Å²) in [6.45, 7) is 0. The van der Waals surface area contributed by atoms with Crippen molar-refractivity contribution < 1.29 is 19.0 Å². The van der Waals surface area contributed by atoms with E-state index >= 15 is 0 Å². The van der Waals surface area contributed by atoms with Crippen LogP contribution in [-0.4, -0.2) is 18.0 Å². The van der Waals surface area contributed by atoms with E-state index in [-0.39, 0.29) is 5.69 Å². The molecule has 0 unspecified atom stereocenters. The Balaban J connectivity index is 2.81. The fourth-order valence-corrected chi connectivity index (χ4v) is 1.85. The van der Waals surface area contributed by atoms with Gasteiger partial charge in [0.1, 0.15) is 7.05 Å². The van der Waals surface area contributed by atoms with Crippen LogP contribution in [0.15, 0.2) is 30.5 Å². The fourth-order valence-electron chi connectivity index (χ4n) is 1.85. The molecule has 1 aromatic heterocycles. The number of rotatable bonds is 2. The van der Waals surface area contributed by atoms with Crippen LogP contribution in [-0.2, 0) is 11.8 Å². The Morgan fingerprint density at radius 1 is 1.44 bits per heavy atom. The molecule has 6 heteroatoms. The monoisotopic (exact) mass is 247 g/mol. The van der Waals surface area contributed by atoms with Gasteiger partial charge in [0, 0.05) is 12.1 Å². The lowest BCUT2D eigenvalue weighted by Gasteiger charge is -2.03. The summed E-state index contributed by atoms with van der Waals surface area (Å²) in [7, 11) is 2.97. The molecule has 1 aromatic carbocycles. The second-order valence-electron chi connectivity index (χ2n) is 3.80. The van der Waals surface area contributed by atoms with Gasteiger partial charge in [0.05, 0.1) is 23.0 Å². The predicted molar refractivity (Wildman–Crippen MR) is 63.1 cm³/mol. The highest BCUT2D eigenvalue weighted by Gasteiger charge is 2.20. The molecule has 6 nitrogen and oxygen atoms in total. The molecule has 92 valence electrons. The van der Waals surface area contributed by atoms with Crippen LogP contribution in [0.1, 0.15) is 10.4 Å². The number of ether oxygens (including phenoxy) is 1. The fraction of sp³-hybridized carbons (Fsp3) is 0.167. The van der Waals surface area contributed by atoms with E-state index in [9.17, 15) is 14.9 Å². The first-order chi connectivity index (χ1) is 8.54. The van der Waals surface area contributed by atoms with Crippen LogP contribution >= 0.6 is 0 Å². The highest BCUT2D eigenvalue weighted by atomic mass is 16.6. The van der Waals surface area contributed by atoms with Crippen LogP contribution < -0.4 is 4.57 Å². The number of aryl methyl sites for hydroxylation is 1. The van der Waals surface area contributed by atoms with Gasteiger partial charge >= 0.3 is 11.7 Å². The number of methoxy groups -OCH3 is 1. The van der Waals surface area contributed by atoms with Crippen LogP contribution in [0.4, 0.5) is 5.69 Å². The van der Waals surface area contributed by atoms with Crippen molar-refractivity contribution in [1.82, 2.24) is 0 Å². The van der Waals surface area contributed by atoms with E-state index < -0.39 is 10.9 Å². The molecule has 0 fully saturated rings. The molecule has 0 amide bonds. The van der Waals surface area contributed by atoms with Crippen molar-refractivity contribution in [2.24, 2.45) is 7.05 Å². The Morgan fingerprint density at radius 3 is 2.78 bits per heavy atom. The zero-order chi connectivity index (χ0) is 13.3. The van der Waals surface area contributed by atoms with Gasteiger partial charge in [-0.2, -0.15) is 4.57 Å². The zero-order valence-corrected chi connectivity index (χ0v) is 9.91. The largest absolute Gasteiger partial charge is 0.465 e. The molecule has 0 aliphatic rings. The standard InChI is InChI=1S/C12H11N2O4/c1-13-7-8(14(16)17)6-10-9(12(15)18-2)4-3-5-11(10)13/h3-7H,1-2H3/q+1. The van der Waals surface area contributed by atoms with Gasteiger partial charge in [-0.1, -0.05) is 6.07 Å². The maximum Gasteiger partial charge on any atom is 0.338 e. The van der Waals surface area contributed by atoms with Crippen molar-refractivity contribution in [3.05, 3.63) is 46.1 Å². The Morgan fingerprint density at radius 2 is 2.17 bits per heavy atom. The average Bonchev–Trinajstić information content (AvgIpc) is 2.37. The summed E-state index contributed by atoms with van der Waals surface area (Å²) in [6, 6.07) is 6.45. The van der Waals surface area contributed by atoms with Gasteiger partial charge < -0.3 is 4.74 Å². The van der Waals surface area contributed by atoms with E-state index in [0.717, 1.165) is 5.52 Å². The third-order valence-corrected chi connectivity index (χ3v) is 2.70. The predicted octanol–water partition coefficient (Wildman–Crippen LogP) is 1.36. The molecule has 0 radical (unpaired) electrons. The molecule has 2 rings (SSSR count). The minimum Gasteiger partial charge on any atom is -0.465 e. The first-order valence-electron chi connectivity index (χ1n) is 5.19. The smallest absolute Gasteiger partial charge is 0.338 e. The summed E-state index contributed by atoms with van der Waals surface area (Å²) >= 11 is 0. The third kappa shape index (κ3) is 1.88. The van der Waals surface area contributed by atoms with Crippen molar-refractivity contribution in [3.8, 4) is 0 Å². The van der Waals surface area contributed by atoms with Gasteiger partial charge in [0.15, 0.2) is 0 Å². The zero-order valence-electron chi connectivity index (χ0n) is 9.91. The molecule has 2 aromatic rings. The van der Waals surface area contributed by atoms with Crippen LogP contribution in [0.3, 0.4) is 0 Å². The maximum atomic E-state index is 11.6. The molecule has 0 aliphatic carbocycles. The Hall–Kier alpha value is -2.50. The molecular weight excluding hydrogens is 236 g/mol. The van der Waals surface area contributed by atoms with Crippen LogP contribution in [0.25, 0.3) is 10.9 Å². The minimum atomic E-state index is -0.513. The topological polar surface area (TPSA) is 73.3 Å². The van der Waals surface area contributed by atoms with Gasteiger partial charge in [0.2, 0.25) is 11.7 Å². The molecule has 0 atom stereocenters. The number of fused-ring (bicyclic) bond motifs is 1. The molecular formula is C12H11N2O4+. The first kappa shape index (κ1) is 12.0. The highest BCUT2D eigenvalue weighted by molar-refractivity contribution is 6.03. The number of hydrogen-bond donors (Lipinski definition) is 0. The maximum absolute atomic E-state index is 11.6. The lowest BCUT2D eigenvalue weighted by Crippen LogP contribution is -2.29. The minimum absolute atomic E-state index is 0.0682. The normalized spacial score (nSPS) is 10.3. The Kier molecular flexibility index (Phi) is 2.93. The van der Waals surface area contributed by atoms with E-state index in [2.05, 4.69) is 4.74 Å². The van der Waals surface area contributed by atoms with E-state index in [0.29, 0.717) is 10.9 Å². The van der Waals surface area contributed by atoms with Crippen molar-refractivity contribution in [3.63, 3.8) is 0 Å². The molecule has 0 spiro atoms. The molecule has 18 heavy (non-hydrogen) atoms. The van der Waals surface area contributed by atoms with E-state index in [1.165, 1.54) is 19.4 Å². The summed E-state index contributed by atoms with van der Waals surface area (Å²) in [6.07, 6.45) is 1.41. The molecule has 0 bridgehead atoms. The number of benzene rings is 1. The van der Waals surface area contributed by atoms with E-state index in [1.807, 2.05) is 0 Å². The van der Waals surface area contributed by atoms with Crippen LogP contribution in [0, 0.1) is 10.1 Å². The van der Waals surface area contributed by atoms with Gasteiger partial charge in [-0.15, -0.1) is 0 Å². The van der Waals surface area contributed by atoms with Crippen LogP contribution in [0.5, 0.6) is 0 Å². The molecule has 0 N–H and O–H groups in total. The number of esters is 1. The molecule has 0 saturated heterocycles. The van der Waals surface area contributed by atoms with Crippen molar-refractivity contribution >= 4 is 22.6 Å². The lowest BCUT2D eigenvalue weighted by atomic mass is 10.1. The second-order valence-corrected chi connectivity index (χ2v) is 3.80. The van der Waals surface area contributed by atoms with Crippen LogP contribution in [0.2, 0.25) is 0 Å². The average molecular weight is 247 g/mol. The molecule has 0 aliphatic heterocycles. The number of pyridine rings is 1. The van der Waals surface area contributed by atoms with Crippen molar-refractivity contribution in [2.45, 2.75) is 0 Å². The molecule has 1 heterocycles. The number of hydrogen-bond acceptors (Lipinski definition) is 4. The summed E-state index contributed by atoms with van der Waals surface area (Å²) in [4.78, 5) is 21.9. The number of nitrogens with zero attached hydrogens (tertiary/aromatic N) is 2. The summed E-state index contributed by atoms with van der Waals surface area (Å²) in [5.41, 5.74) is 0.971.